The molecule has 0 amide bonds. The van der Waals surface area contributed by atoms with Crippen LogP contribution >= 0.6 is 0 Å². The van der Waals surface area contributed by atoms with Crippen LogP contribution in [-0.4, -0.2) is 127 Å². The number of esters is 1. The van der Waals surface area contributed by atoms with Crippen LogP contribution in [0.5, 0.6) is 0 Å². The standard InChI is InChI=1S/C9H17NO4.C7H15NO3.C4H4O4.ClH/c1-7(11)14-8(5-9(12)13)6-10(2,3)4;1-8(2,3)5-6(9)4-7(10)11;5-3(6)1-2-4(7)8;/h8H,5-6H2,1-4H3;6,9H,4-5H2,1-3H3;1-2H,(H,5,6)(H,7,8);1H/b;;2-1+;/t8-;6-;;/m11../s1. The van der Waals surface area contributed by atoms with Gasteiger partial charge in [-0.2, -0.15) is 0 Å². The second kappa shape index (κ2) is 18.7. The third-order valence-electron chi connectivity index (χ3n) is 3.02. The zero-order valence-electron chi connectivity index (χ0n) is 20.6. The fourth-order valence-corrected chi connectivity index (χ4v) is 2.22. The molecule has 0 spiro atoms. The van der Waals surface area contributed by atoms with Gasteiger partial charge in [0.05, 0.1) is 61.1 Å². The number of ether oxygens (including phenoxy) is 1. The number of aliphatic carboxylic acids is 4. The van der Waals surface area contributed by atoms with E-state index in [9.17, 15) is 29.1 Å². The maximum absolute atomic E-state index is 10.7. The number of halogens is 1. The number of rotatable bonds is 11. The Bertz CT molecular complexity index is 651. The first-order valence-corrected chi connectivity index (χ1v) is 9.66. The van der Waals surface area contributed by atoms with Crippen molar-refractivity contribution < 1.29 is 75.6 Å². The Kier molecular flexibility index (Phi) is 21.1. The van der Waals surface area contributed by atoms with Gasteiger partial charge < -0.3 is 56.4 Å². The molecule has 0 aliphatic rings. The average Bonchev–Trinajstić information content (AvgIpc) is 2.48. The van der Waals surface area contributed by atoms with Gasteiger partial charge in [0.25, 0.3) is 0 Å². The predicted molar refractivity (Wildman–Crippen MR) is 114 cm³/mol. The van der Waals surface area contributed by atoms with Crippen molar-refractivity contribution in [3.8, 4) is 0 Å². The van der Waals surface area contributed by atoms with E-state index in [1.54, 1.807) is 0 Å². The van der Waals surface area contributed by atoms with E-state index in [2.05, 4.69) is 0 Å². The van der Waals surface area contributed by atoms with Crippen LogP contribution < -0.4 is 17.5 Å². The quantitative estimate of drug-likeness (QED) is 0.116. The Hall–Kier alpha value is -2.74. The second-order valence-electron chi connectivity index (χ2n) is 9.02. The lowest BCUT2D eigenvalue weighted by Gasteiger charge is -2.28. The van der Waals surface area contributed by atoms with E-state index in [0.717, 1.165) is 0 Å². The van der Waals surface area contributed by atoms with Crippen molar-refractivity contribution in [3.05, 3.63) is 12.2 Å². The zero-order chi connectivity index (χ0) is 27.0. The summed E-state index contributed by atoms with van der Waals surface area (Å²) in [5.41, 5.74) is 0. The monoisotopic (exact) mass is 516 g/mol. The first-order chi connectivity index (χ1) is 14.6. The number of carboxylic acids is 4. The lowest BCUT2D eigenvalue weighted by Crippen LogP contribution is -3.00. The molecule has 34 heavy (non-hydrogen) atoms. The molecule has 0 aromatic rings. The van der Waals surface area contributed by atoms with E-state index in [0.29, 0.717) is 34.2 Å². The Labute approximate surface area is 205 Å². The van der Waals surface area contributed by atoms with Gasteiger partial charge in [-0.05, 0) is 6.08 Å². The smallest absolute Gasteiger partial charge is 0.328 e. The predicted octanol–water partition coefficient (Wildman–Crippen LogP) is -4.99. The molecule has 0 saturated carbocycles. The minimum atomic E-state index is -1.51. The third kappa shape index (κ3) is 39.7. The Morgan fingerprint density at radius 2 is 1.24 bits per heavy atom. The molecule has 0 rings (SSSR count). The molecule has 2 atom stereocenters. The minimum absolute atomic E-state index is 0. The van der Waals surface area contributed by atoms with Crippen LogP contribution in [0, 0.1) is 0 Å². The molecule has 0 saturated heterocycles. The molecule has 0 bridgehead atoms. The van der Waals surface area contributed by atoms with Crippen LogP contribution in [0.2, 0.25) is 0 Å². The summed E-state index contributed by atoms with van der Waals surface area (Å²) < 4.78 is 6.04. The van der Waals surface area contributed by atoms with Crippen LogP contribution in [0.3, 0.4) is 0 Å². The van der Waals surface area contributed by atoms with Gasteiger partial charge in [-0.25, -0.2) is 4.79 Å². The van der Waals surface area contributed by atoms with E-state index in [4.69, 9.17) is 25.2 Å². The fraction of sp³-hybridized carbons (Fsp3) is 0.650. The first-order valence-electron chi connectivity index (χ1n) is 9.66. The van der Waals surface area contributed by atoms with Crippen LogP contribution in [0.15, 0.2) is 12.2 Å². The number of likely N-dealkylation sites (N-methyl/N-ethyl adjacent to an activating group) is 2. The highest BCUT2D eigenvalue weighted by Gasteiger charge is 2.23. The molecular formula is C20H37ClN2O11. The molecule has 0 heterocycles. The minimum Gasteiger partial charge on any atom is -1.00 e. The van der Waals surface area contributed by atoms with Gasteiger partial charge in [0.2, 0.25) is 0 Å². The lowest BCUT2D eigenvalue weighted by atomic mass is 10.2. The number of hydrogen-bond acceptors (Lipinski definition) is 8. The Morgan fingerprint density at radius 3 is 1.47 bits per heavy atom. The Morgan fingerprint density at radius 1 is 0.824 bits per heavy atom. The number of quaternary nitrogens is 2. The van der Waals surface area contributed by atoms with Gasteiger partial charge in [-0.1, -0.05) is 0 Å². The molecule has 0 aromatic heterocycles. The van der Waals surface area contributed by atoms with Gasteiger partial charge in [-0.3, -0.25) is 14.4 Å². The highest BCUT2D eigenvalue weighted by atomic mass is 35.5. The van der Waals surface area contributed by atoms with Crippen LogP contribution in [-0.2, 0) is 28.7 Å². The van der Waals surface area contributed by atoms with Crippen molar-refractivity contribution in [2.24, 2.45) is 0 Å². The summed E-state index contributed by atoms with van der Waals surface area (Å²) in [5.74, 6) is -5.15. The maximum atomic E-state index is 10.7. The first kappa shape index (κ1) is 38.5. The molecule has 200 valence electrons. The third-order valence-corrected chi connectivity index (χ3v) is 3.02. The number of hydrogen-bond donors (Lipinski definition) is 4. The zero-order valence-corrected chi connectivity index (χ0v) is 21.3. The highest BCUT2D eigenvalue weighted by molar-refractivity contribution is 5.88. The van der Waals surface area contributed by atoms with Gasteiger partial charge in [-0.15, -0.1) is 0 Å². The number of carbonyl (C=O) groups is 5. The van der Waals surface area contributed by atoms with Gasteiger partial charge in [0, 0.05) is 13.0 Å². The summed E-state index contributed by atoms with van der Waals surface area (Å²) in [6, 6.07) is 0. The number of aliphatic hydroxyl groups is 1. The van der Waals surface area contributed by atoms with E-state index in [1.165, 1.54) is 6.92 Å². The molecule has 13 nitrogen and oxygen atoms in total. The summed E-state index contributed by atoms with van der Waals surface area (Å²) in [6.07, 6.45) is -0.667. The van der Waals surface area contributed by atoms with Gasteiger partial charge in [0.15, 0.2) is 6.10 Å². The van der Waals surface area contributed by atoms with E-state index in [1.807, 2.05) is 42.3 Å². The molecule has 4 N–H and O–H groups in total. The van der Waals surface area contributed by atoms with E-state index in [-0.39, 0.29) is 25.2 Å². The lowest BCUT2D eigenvalue weighted by molar-refractivity contribution is -0.873. The van der Waals surface area contributed by atoms with Crippen molar-refractivity contribution in [3.63, 3.8) is 0 Å². The Balaban J connectivity index is -0.000000203. The molecule has 0 aromatic carbocycles. The summed E-state index contributed by atoms with van der Waals surface area (Å²) >= 11 is 0. The SMILES string of the molecule is CC(=O)O[C@H](CC(=O)O)C[N+](C)(C)C.C[N+](C)(C)C[C@H](O)CC(=O)O.O=C([O-])/C=C/C(=O)O.[Cl-]. The largest absolute Gasteiger partial charge is 1.00 e. The highest BCUT2D eigenvalue weighted by Crippen LogP contribution is 2.05. The topological polar surface area (TPSA) is 199 Å². The second-order valence-corrected chi connectivity index (χ2v) is 9.02. The summed E-state index contributed by atoms with van der Waals surface area (Å²) in [5, 5.41) is 43.3. The van der Waals surface area contributed by atoms with E-state index >= 15 is 0 Å². The van der Waals surface area contributed by atoms with Crippen LogP contribution in [0.1, 0.15) is 19.8 Å². The van der Waals surface area contributed by atoms with E-state index < -0.39 is 42.1 Å². The molecule has 0 aliphatic heterocycles. The van der Waals surface area contributed by atoms with Crippen molar-refractivity contribution in [1.29, 1.82) is 0 Å². The molecule has 0 radical (unpaired) electrons. The summed E-state index contributed by atoms with van der Waals surface area (Å²) in [7, 11) is 11.5. The maximum Gasteiger partial charge on any atom is 0.328 e. The normalized spacial score (nSPS) is 12.5. The van der Waals surface area contributed by atoms with Crippen molar-refractivity contribution in [1.82, 2.24) is 0 Å². The molecule has 0 unspecified atom stereocenters. The number of aliphatic hydroxyl groups excluding tert-OH is 1. The molecule has 0 aliphatic carbocycles. The number of nitrogens with zero attached hydrogens (tertiary/aromatic N) is 2. The van der Waals surface area contributed by atoms with Crippen LogP contribution in [0.25, 0.3) is 0 Å². The number of carboxylic acid groups (broad SMARTS) is 4. The van der Waals surface area contributed by atoms with Crippen LogP contribution in [0.4, 0.5) is 0 Å². The van der Waals surface area contributed by atoms with Crippen molar-refractivity contribution in [2.75, 3.05) is 55.4 Å². The average molecular weight is 517 g/mol. The van der Waals surface area contributed by atoms with Crippen molar-refractivity contribution in [2.45, 2.75) is 32.0 Å². The fourth-order valence-electron chi connectivity index (χ4n) is 2.22. The summed E-state index contributed by atoms with van der Waals surface area (Å²) in [6.45, 7) is 2.24. The van der Waals surface area contributed by atoms with Gasteiger partial charge in [0.1, 0.15) is 19.2 Å². The van der Waals surface area contributed by atoms with Gasteiger partial charge >= 0.3 is 23.9 Å². The number of carbonyl (C=O) groups excluding carboxylic acids is 2. The molecular weight excluding hydrogens is 480 g/mol. The molecule has 14 heteroatoms. The van der Waals surface area contributed by atoms with Crippen molar-refractivity contribution >= 4 is 29.8 Å². The molecule has 0 fully saturated rings. The summed E-state index contributed by atoms with van der Waals surface area (Å²) in [4.78, 5) is 50.3.